The van der Waals surface area contributed by atoms with Crippen LogP contribution in [-0.2, 0) is 0 Å². The van der Waals surface area contributed by atoms with Crippen LogP contribution in [0.4, 0.5) is 17.6 Å². The second-order valence-electron chi connectivity index (χ2n) is 2.30. The van der Waals surface area contributed by atoms with Crippen molar-refractivity contribution in [3.63, 3.8) is 0 Å². The SMILES string of the molecule is Fc1ccnc(F)n1.Fc1ccnc(F)n1.O. The minimum Gasteiger partial charge on any atom is -0.412 e. The fraction of sp³-hybridized carbons (Fsp3) is 0. The van der Waals surface area contributed by atoms with E-state index in [0.29, 0.717) is 0 Å². The summed E-state index contributed by atoms with van der Waals surface area (Å²) >= 11 is 0. The quantitative estimate of drug-likeness (QED) is 0.391. The molecule has 2 rings (SSSR count). The molecule has 0 saturated carbocycles. The van der Waals surface area contributed by atoms with Crippen LogP contribution in [0.3, 0.4) is 0 Å². The average Bonchev–Trinajstić information content (AvgIpc) is 2.17. The summed E-state index contributed by atoms with van der Waals surface area (Å²) in [6.45, 7) is 0. The zero-order valence-corrected chi connectivity index (χ0v) is 8.11. The van der Waals surface area contributed by atoms with Gasteiger partial charge in [0.2, 0.25) is 11.9 Å². The third-order valence-electron chi connectivity index (χ3n) is 1.18. The number of aromatic nitrogens is 4. The molecule has 2 heterocycles. The molecule has 0 unspecified atom stereocenters. The Balaban J connectivity index is 0.000000284. The van der Waals surface area contributed by atoms with E-state index < -0.39 is 24.1 Å². The molecule has 2 N–H and O–H groups in total. The second-order valence-corrected chi connectivity index (χ2v) is 2.30. The van der Waals surface area contributed by atoms with Crippen molar-refractivity contribution in [3.8, 4) is 0 Å². The lowest BCUT2D eigenvalue weighted by Gasteiger charge is -1.82. The third kappa shape index (κ3) is 6.10. The van der Waals surface area contributed by atoms with Gasteiger partial charge in [-0.1, -0.05) is 0 Å². The minimum absolute atomic E-state index is 0. The highest BCUT2D eigenvalue weighted by atomic mass is 19.2. The van der Waals surface area contributed by atoms with Gasteiger partial charge in [-0.2, -0.15) is 27.5 Å². The van der Waals surface area contributed by atoms with Crippen molar-refractivity contribution in [1.82, 2.24) is 19.9 Å². The van der Waals surface area contributed by atoms with Crippen LogP contribution < -0.4 is 0 Å². The van der Waals surface area contributed by atoms with E-state index in [9.17, 15) is 17.6 Å². The van der Waals surface area contributed by atoms with Crippen molar-refractivity contribution < 1.29 is 23.0 Å². The van der Waals surface area contributed by atoms with Gasteiger partial charge < -0.3 is 5.48 Å². The van der Waals surface area contributed by atoms with Crippen LogP contribution in [0.25, 0.3) is 0 Å². The van der Waals surface area contributed by atoms with Gasteiger partial charge in [-0.3, -0.25) is 0 Å². The van der Waals surface area contributed by atoms with Gasteiger partial charge in [-0.15, -0.1) is 0 Å². The molecule has 0 spiro atoms. The van der Waals surface area contributed by atoms with Crippen LogP contribution >= 0.6 is 0 Å². The molecule has 2 aromatic rings. The standard InChI is InChI=1S/2C4H2F2N2.H2O/c2*5-3-1-2-7-4(6)8-3;/h2*1-2H;1H2. The molecule has 2 aromatic heterocycles. The zero-order valence-electron chi connectivity index (χ0n) is 8.11. The number of halogens is 4. The van der Waals surface area contributed by atoms with Gasteiger partial charge in [0.1, 0.15) is 0 Å². The molecule has 0 bridgehead atoms. The molecule has 0 radical (unpaired) electrons. The maximum Gasteiger partial charge on any atom is 0.311 e. The van der Waals surface area contributed by atoms with Crippen molar-refractivity contribution in [2.45, 2.75) is 0 Å². The lowest BCUT2D eigenvalue weighted by molar-refractivity contribution is 0.481. The highest BCUT2D eigenvalue weighted by Crippen LogP contribution is 1.89. The maximum atomic E-state index is 11.8. The number of rotatable bonds is 0. The molecule has 9 heteroatoms. The van der Waals surface area contributed by atoms with Crippen molar-refractivity contribution in [2.75, 3.05) is 0 Å². The Labute approximate surface area is 92.5 Å². The van der Waals surface area contributed by atoms with Crippen molar-refractivity contribution in [3.05, 3.63) is 48.6 Å². The summed E-state index contributed by atoms with van der Waals surface area (Å²) in [5, 5.41) is 0. The Morgan fingerprint density at radius 3 is 1.24 bits per heavy atom. The molecule has 17 heavy (non-hydrogen) atoms. The van der Waals surface area contributed by atoms with E-state index >= 15 is 0 Å². The van der Waals surface area contributed by atoms with E-state index in [-0.39, 0.29) is 5.48 Å². The molecule has 0 amide bonds. The van der Waals surface area contributed by atoms with Gasteiger partial charge in [-0.25, -0.2) is 9.97 Å². The van der Waals surface area contributed by atoms with Gasteiger partial charge in [0.25, 0.3) is 0 Å². The molecule has 0 aliphatic carbocycles. The molecule has 0 aliphatic heterocycles. The summed E-state index contributed by atoms with van der Waals surface area (Å²) in [4.78, 5) is 11.5. The Bertz CT molecular complexity index is 393. The monoisotopic (exact) mass is 250 g/mol. The van der Waals surface area contributed by atoms with Gasteiger partial charge >= 0.3 is 12.2 Å². The van der Waals surface area contributed by atoms with E-state index in [1.54, 1.807) is 0 Å². The van der Waals surface area contributed by atoms with E-state index in [1.807, 2.05) is 0 Å². The summed E-state index contributed by atoms with van der Waals surface area (Å²) in [5.74, 6) is -1.70. The number of hydrogen-bond donors (Lipinski definition) is 0. The first kappa shape index (κ1) is 14.8. The van der Waals surface area contributed by atoms with Crippen molar-refractivity contribution >= 4 is 0 Å². The molecular weight excluding hydrogens is 244 g/mol. The summed E-state index contributed by atoms with van der Waals surface area (Å²) in [6, 6.07) is 1.95. The Morgan fingerprint density at radius 1 is 0.706 bits per heavy atom. The van der Waals surface area contributed by atoms with E-state index in [4.69, 9.17) is 0 Å². The predicted molar refractivity (Wildman–Crippen MR) is 47.5 cm³/mol. The minimum atomic E-state index is -1.04. The van der Waals surface area contributed by atoms with Crippen molar-refractivity contribution in [2.24, 2.45) is 0 Å². The molecule has 0 aliphatic rings. The fourth-order valence-electron chi connectivity index (χ4n) is 0.629. The molecule has 0 aromatic carbocycles. The van der Waals surface area contributed by atoms with Crippen molar-refractivity contribution in [1.29, 1.82) is 0 Å². The van der Waals surface area contributed by atoms with Gasteiger partial charge in [-0.05, 0) is 0 Å². The average molecular weight is 250 g/mol. The number of hydrogen-bond acceptors (Lipinski definition) is 4. The van der Waals surface area contributed by atoms with Crippen LogP contribution in [0.15, 0.2) is 24.5 Å². The van der Waals surface area contributed by atoms with Crippen LogP contribution in [0.1, 0.15) is 0 Å². The summed E-state index contributed by atoms with van der Waals surface area (Å²) in [5.41, 5.74) is 0. The first-order valence-corrected chi connectivity index (χ1v) is 3.86. The zero-order chi connectivity index (χ0) is 12.0. The Hall–Kier alpha value is -2.16. The largest absolute Gasteiger partial charge is 0.412 e. The summed E-state index contributed by atoms with van der Waals surface area (Å²) in [7, 11) is 0. The third-order valence-corrected chi connectivity index (χ3v) is 1.18. The Kier molecular flexibility index (Phi) is 6.26. The first-order chi connectivity index (χ1) is 7.58. The predicted octanol–water partition coefficient (Wildman–Crippen LogP) is 0.685. The maximum absolute atomic E-state index is 11.8. The second kappa shape index (κ2) is 7.17. The van der Waals surface area contributed by atoms with E-state index in [2.05, 4.69) is 19.9 Å². The highest BCUT2D eigenvalue weighted by Gasteiger charge is 1.92. The van der Waals surface area contributed by atoms with Gasteiger partial charge in [0.15, 0.2) is 0 Å². The smallest absolute Gasteiger partial charge is 0.311 e. The number of nitrogens with zero attached hydrogens (tertiary/aromatic N) is 4. The van der Waals surface area contributed by atoms with E-state index in [1.165, 1.54) is 0 Å². The summed E-state index contributed by atoms with van der Waals surface area (Å²) < 4.78 is 47.0. The molecule has 5 nitrogen and oxygen atoms in total. The lowest BCUT2D eigenvalue weighted by atomic mass is 10.7. The van der Waals surface area contributed by atoms with Crippen LogP contribution in [-0.4, -0.2) is 25.4 Å². The fourth-order valence-corrected chi connectivity index (χ4v) is 0.629. The first-order valence-electron chi connectivity index (χ1n) is 3.86. The normalized spacial score (nSPS) is 8.71. The molecule has 0 saturated heterocycles. The van der Waals surface area contributed by atoms with Crippen LogP contribution in [0.5, 0.6) is 0 Å². The van der Waals surface area contributed by atoms with Crippen LogP contribution in [0.2, 0.25) is 0 Å². The molecule has 92 valence electrons. The molecular formula is C8H6F4N4O. The van der Waals surface area contributed by atoms with E-state index in [0.717, 1.165) is 24.5 Å². The van der Waals surface area contributed by atoms with Gasteiger partial charge in [0.05, 0.1) is 0 Å². The Morgan fingerprint density at radius 2 is 1.06 bits per heavy atom. The summed E-state index contributed by atoms with van der Waals surface area (Å²) in [6.07, 6.45) is -0.0509. The topological polar surface area (TPSA) is 83.1 Å². The lowest BCUT2D eigenvalue weighted by Crippen LogP contribution is -1.89. The molecule has 0 fully saturated rings. The van der Waals surface area contributed by atoms with Gasteiger partial charge in [0, 0.05) is 24.5 Å². The molecule has 0 atom stereocenters. The van der Waals surface area contributed by atoms with Crippen LogP contribution in [0, 0.1) is 24.1 Å². The highest BCUT2D eigenvalue weighted by molar-refractivity contribution is 4.81.